The highest BCUT2D eigenvalue weighted by molar-refractivity contribution is 5.83. The van der Waals surface area contributed by atoms with E-state index in [9.17, 15) is 18.0 Å². The normalized spacial score (nSPS) is 11.7. The standard InChI is InChI=1S/C21H23F3N4O3/c1-12(2)31-15-7-5-14(6-8-15)10-25-17(29)11-30-18-9-16(21(22,23)24)19-13(3)27-28(4)20(19)26-18/h5-9,12H,10-11H2,1-4H3,(H,25,29). The number of carbonyl (C=O) groups excluding carboxylic acids is 1. The van der Waals surface area contributed by atoms with Gasteiger partial charge in [-0.2, -0.15) is 23.3 Å². The number of nitrogens with zero attached hydrogens (tertiary/aromatic N) is 3. The van der Waals surface area contributed by atoms with Crippen molar-refractivity contribution in [3.63, 3.8) is 0 Å². The summed E-state index contributed by atoms with van der Waals surface area (Å²) in [7, 11) is 1.50. The van der Waals surface area contributed by atoms with Crippen LogP contribution in [0.1, 0.15) is 30.7 Å². The molecule has 0 aliphatic rings. The molecule has 3 rings (SSSR count). The lowest BCUT2D eigenvalue weighted by atomic mass is 10.1. The lowest BCUT2D eigenvalue weighted by molar-refractivity contribution is -0.136. The fourth-order valence-corrected chi connectivity index (χ4v) is 3.07. The van der Waals surface area contributed by atoms with Crippen LogP contribution in [-0.2, 0) is 24.6 Å². The Bertz CT molecular complexity index is 1080. The van der Waals surface area contributed by atoms with Gasteiger partial charge in [-0.05, 0) is 38.5 Å². The van der Waals surface area contributed by atoms with Crippen molar-refractivity contribution in [1.29, 1.82) is 0 Å². The molecule has 31 heavy (non-hydrogen) atoms. The average molecular weight is 436 g/mol. The Balaban J connectivity index is 1.64. The maximum Gasteiger partial charge on any atom is 0.417 e. The molecule has 166 valence electrons. The second kappa shape index (κ2) is 8.83. The van der Waals surface area contributed by atoms with Gasteiger partial charge in [0.15, 0.2) is 12.3 Å². The summed E-state index contributed by atoms with van der Waals surface area (Å²) in [6.07, 6.45) is -4.55. The molecule has 0 unspecified atom stereocenters. The minimum absolute atomic E-state index is 0.0337. The number of ether oxygens (including phenoxy) is 2. The monoisotopic (exact) mass is 436 g/mol. The smallest absolute Gasteiger partial charge is 0.417 e. The van der Waals surface area contributed by atoms with E-state index < -0.39 is 24.3 Å². The molecule has 2 aromatic heterocycles. The van der Waals surface area contributed by atoms with Gasteiger partial charge < -0.3 is 14.8 Å². The van der Waals surface area contributed by atoms with Crippen molar-refractivity contribution in [3.8, 4) is 11.6 Å². The summed E-state index contributed by atoms with van der Waals surface area (Å²) < 4.78 is 52.5. The van der Waals surface area contributed by atoms with Gasteiger partial charge in [0.25, 0.3) is 5.91 Å². The number of hydrogen-bond donors (Lipinski definition) is 1. The predicted molar refractivity (Wildman–Crippen MR) is 108 cm³/mol. The molecule has 0 spiro atoms. The maximum absolute atomic E-state index is 13.5. The molecule has 2 heterocycles. The van der Waals surface area contributed by atoms with Crippen LogP contribution in [0.5, 0.6) is 11.6 Å². The number of hydrogen-bond acceptors (Lipinski definition) is 5. The number of benzene rings is 1. The number of nitrogens with one attached hydrogen (secondary N) is 1. The molecule has 3 aromatic rings. The first-order chi connectivity index (χ1) is 14.5. The van der Waals surface area contributed by atoms with Gasteiger partial charge >= 0.3 is 6.18 Å². The van der Waals surface area contributed by atoms with Gasteiger partial charge in [0.2, 0.25) is 5.88 Å². The quantitative estimate of drug-likeness (QED) is 0.610. The van der Waals surface area contributed by atoms with Gasteiger partial charge in [0, 0.05) is 19.7 Å². The van der Waals surface area contributed by atoms with Crippen molar-refractivity contribution in [1.82, 2.24) is 20.1 Å². The van der Waals surface area contributed by atoms with Crippen LogP contribution < -0.4 is 14.8 Å². The Morgan fingerprint density at radius 2 is 1.90 bits per heavy atom. The first kappa shape index (κ1) is 22.4. The van der Waals surface area contributed by atoms with Crippen LogP contribution >= 0.6 is 0 Å². The zero-order valence-electron chi connectivity index (χ0n) is 17.6. The highest BCUT2D eigenvalue weighted by Gasteiger charge is 2.35. The number of halogens is 3. The van der Waals surface area contributed by atoms with E-state index in [1.165, 1.54) is 18.7 Å². The average Bonchev–Trinajstić information content (AvgIpc) is 2.98. The Labute approximate surface area is 177 Å². The van der Waals surface area contributed by atoms with E-state index in [1.54, 1.807) is 12.1 Å². The number of aromatic nitrogens is 3. The van der Waals surface area contributed by atoms with Crippen LogP contribution in [0.4, 0.5) is 13.2 Å². The molecule has 10 heteroatoms. The highest BCUT2D eigenvalue weighted by atomic mass is 19.4. The van der Waals surface area contributed by atoms with E-state index in [1.807, 2.05) is 26.0 Å². The second-order valence-electron chi connectivity index (χ2n) is 7.29. The van der Waals surface area contributed by atoms with Crippen LogP contribution in [0, 0.1) is 6.92 Å². The van der Waals surface area contributed by atoms with Crippen molar-refractivity contribution < 1.29 is 27.4 Å². The van der Waals surface area contributed by atoms with Crippen molar-refractivity contribution in [2.24, 2.45) is 7.05 Å². The predicted octanol–water partition coefficient (Wildman–Crippen LogP) is 3.78. The molecule has 1 N–H and O–H groups in total. The number of aryl methyl sites for hydroxylation is 2. The number of amides is 1. The first-order valence-corrected chi connectivity index (χ1v) is 9.61. The highest BCUT2D eigenvalue weighted by Crippen LogP contribution is 2.37. The molecule has 0 aliphatic heterocycles. The Morgan fingerprint density at radius 3 is 2.52 bits per heavy atom. The summed E-state index contributed by atoms with van der Waals surface area (Å²) in [4.78, 5) is 16.2. The molecule has 0 bridgehead atoms. The number of fused-ring (bicyclic) bond motifs is 1. The van der Waals surface area contributed by atoms with E-state index >= 15 is 0 Å². The zero-order chi connectivity index (χ0) is 22.8. The molecule has 0 saturated heterocycles. The Hall–Kier alpha value is -3.30. The molecule has 0 atom stereocenters. The SMILES string of the molecule is Cc1nn(C)c2nc(OCC(=O)NCc3ccc(OC(C)C)cc3)cc(C(F)(F)F)c12. The number of carbonyl (C=O) groups is 1. The summed E-state index contributed by atoms with van der Waals surface area (Å²) in [6.45, 7) is 5.10. The van der Waals surface area contributed by atoms with Crippen molar-refractivity contribution in [3.05, 3.63) is 47.2 Å². The molecule has 1 aromatic carbocycles. The second-order valence-corrected chi connectivity index (χ2v) is 7.29. The summed E-state index contributed by atoms with van der Waals surface area (Å²) in [5, 5.41) is 6.56. The molecule has 0 fully saturated rings. The van der Waals surface area contributed by atoms with Crippen molar-refractivity contribution in [2.75, 3.05) is 6.61 Å². The topological polar surface area (TPSA) is 78.3 Å². The van der Waals surface area contributed by atoms with E-state index in [0.717, 1.165) is 17.4 Å². The lowest BCUT2D eigenvalue weighted by Crippen LogP contribution is -2.28. The van der Waals surface area contributed by atoms with Gasteiger partial charge in [-0.25, -0.2) is 0 Å². The van der Waals surface area contributed by atoms with Crippen LogP contribution in [0.2, 0.25) is 0 Å². The number of pyridine rings is 1. The lowest BCUT2D eigenvalue weighted by Gasteiger charge is -2.12. The van der Waals surface area contributed by atoms with Crippen LogP contribution in [-0.4, -0.2) is 33.4 Å². The first-order valence-electron chi connectivity index (χ1n) is 9.61. The fraction of sp³-hybridized carbons (Fsp3) is 0.381. The largest absolute Gasteiger partial charge is 0.491 e. The van der Waals surface area contributed by atoms with Crippen molar-refractivity contribution in [2.45, 2.75) is 39.6 Å². The molecular weight excluding hydrogens is 413 g/mol. The van der Waals surface area contributed by atoms with Gasteiger partial charge in [-0.3, -0.25) is 9.48 Å². The van der Waals surface area contributed by atoms with E-state index in [-0.39, 0.29) is 35.3 Å². The fourth-order valence-electron chi connectivity index (χ4n) is 3.07. The third kappa shape index (κ3) is 5.44. The molecule has 0 saturated carbocycles. The Morgan fingerprint density at radius 1 is 1.23 bits per heavy atom. The number of rotatable bonds is 7. The minimum Gasteiger partial charge on any atom is -0.491 e. The summed E-state index contributed by atoms with van der Waals surface area (Å²) in [5.74, 6) is -0.0620. The third-order valence-corrected chi connectivity index (χ3v) is 4.39. The molecule has 0 radical (unpaired) electrons. The summed E-state index contributed by atoms with van der Waals surface area (Å²) in [6, 6.07) is 8.01. The van der Waals surface area contributed by atoms with Crippen molar-refractivity contribution >= 4 is 16.9 Å². The van der Waals surface area contributed by atoms with Crippen LogP contribution in [0.15, 0.2) is 30.3 Å². The Kier molecular flexibility index (Phi) is 6.37. The van der Waals surface area contributed by atoms with E-state index in [2.05, 4.69) is 15.4 Å². The van der Waals surface area contributed by atoms with Gasteiger partial charge in [0.1, 0.15) is 5.75 Å². The van der Waals surface area contributed by atoms with Gasteiger partial charge in [-0.1, -0.05) is 12.1 Å². The molecule has 7 nitrogen and oxygen atoms in total. The van der Waals surface area contributed by atoms with E-state index in [4.69, 9.17) is 9.47 Å². The van der Waals surface area contributed by atoms with Gasteiger partial charge in [0.05, 0.1) is 22.7 Å². The van der Waals surface area contributed by atoms with Crippen LogP contribution in [0.3, 0.4) is 0 Å². The third-order valence-electron chi connectivity index (χ3n) is 4.39. The summed E-state index contributed by atoms with van der Waals surface area (Å²) in [5.41, 5.74) is 0.189. The maximum atomic E-state index is 13.5. The molecule has 0 aliphatic carbocycles. The number of alkyl halides is 3. The molecular formula is C21H23F3N4O3. The van der Waals surface area contributed by atoms with Gasteiger partial charge in [-0.15, -0.1) is 0 Å². The van der Waals surface area contributed by atoms with E-state index in [0.29, 0.717) is 0 Å². The zero-order valence-corrected chi connectivity index (χ0v) is 17.6. The summed E-state index contributed by atoms with van der Waals surface area (Å²) >= 11 is 0. The molecule has 1 amide bonds. The van der Waals surface area contributed by atoms with Crippen LogP contribution in [0.25, 0.3) is 11.0 Å². The minimum atomic E-state index is -4.61.